The predicted molar refractivity (Wildman–Crippen MR) is 86.7 cm³/mol. The van der Waals surface area contributed by atoms with E-state index in [0.29, 0.717) is 11.5 Å². The van der Waals surface area contributed by atoms with E-state index in [2.05, 4.69) is 24.2 Å². The van der Waals surface area contributed by atoms with Crippen LogP contribution in [0, 0.1) is 11.3 Å². The van der Waals surface area contributed by atoms with Gasteiger partial charge in [0, 0.05) is 39.4 Å². The Morgan fingerprint density at radius 1 is 1.29 bits per heavy atom. The van der Waals surface area contributed by atoms with Gasteiger partial charge in [0.15, 0.2) is 0 Å². The first-order valence-corrected chi connectivity index (χ1v) is 8.63. The molecule has 21 heavy (non-hydrogen) atoms. The highest BCUT2D eigenvalue weighted by Crippen LogP contribution is 2.39. The van der Waals surface area contributed by atoms with Crippen molar-refractivity contribution < 1.29 is 9.47 Å². The Morgan fingerprint density at radius 3 is 2.67 bits per heavy atom. The Labute approximate surface area is 130 Å². The second-order valence-electron chi connectivity index (χ2n) is 7.28. The van der Waals surface area contributed by atoms with E-state index in [4.69, 9.17) is 9.47 Å². The Balaban J connectivity index is 1.87. The summed E-state index contributed by atoms with van der Waals surface area (Å²) >= 11 is 0. The summed E-state index contributed by atoms with van der Waals surface area (Å²) in [5.74, 6) is 0.900. The van der Waals surface area contributed by atoms with E-state index in [-0.39, 0.29) is 0 Å². The fourth-order valence-electron chi connectivity index (χ4n) is 3.82. The number of nitrogens with one attached hydrogen (secondary N) is 1. The van der Waals surface area contributed by atoms with Crippen LogP contribution in [0.15, 0.2) is 0 Å². The molecule has 0 aromatic carbocycles. The molecule has 1 saturated carbocycles. The molecule has 0 bridgehead atoms. The molecule has 0 aromatic heterocycles. The van der Waals surface area contributed by atoms with Crippen LogP contribution in [-0.2, 0) is 9.47 Å². The van der Waals surface area contributed by atoms with Crippen molar-refractivity contribution in [2.24, 2.45) is 11.3 Å². The fourth-order valence-corrected chi connectivity index (χ4v) is 3.82. The lowest BCUT2D eigenvalue weighted by molar-refractivity contribution is 0.0707. The van der Waals surface area contributed by atoms with Crippen LogP contribution >= 0.6 is 0 Å². The van der Waals surface area contributed by atoms with E-state index in [9.17, 15) is 0 Å². The molecule has 1 atom stereocenters. The minimum absolute atomic E-state index is 0.442. The average molecular weight is 298 g/mol. The zero-order chi connectivity index (χ0) is 15.1. The summed E-state index contributed by atoms with van der Waals surface area (Å²) in [5.41, 5.74) is 0.442. The number of methoxy groups -OCH3 is 1. The van der Waals surface area contributed by atoms with E-state index in [1.54, 1.807) is 7.11 Å². The number of nitrogens with zero attached hydrogens (tertiary/aromatic N) is 1. The monoisotopic (exact) mass is 298 g/mol. The molecule has 1 aliphatic heterocycles. The Hall–Kier alpha value is -0.160. The molecule has 0 radical (unpaired) electrons. The van der Waals surface area contributed by atoms with Gasteiger partial charge in [0.1, 0.15) is 0 Å². The van der Waals surface area contributed by atoms with Crippen molar-refractivity contribution in [1.29, 1.82) is 0 Å². The number of hydrogen-bond acceptors (Lipinski definition) is 4. The van der Waals surface area contributed by atoms with Crippen LogP contribution in [0.2, 0.25) is 0 Å². The summed E-state index contributed by atoms with van der Waals surface area (Å²) < 4.78 is 10.7. The summed E-state index contributed by atoms with van der Waals surface area (Å²) in [6, 6.07) is 0.625. The lowest BCUT2D eigenvalue weighted by Crippen LogP contribution is -2.48. The van der Waals surface area contributed by atoms with Gasteiger partial charge in [-0.15, -0.1) is 0 Å². The maximum absolute atomic E-state index is 5.56. The van der Waals surface area contributed by atoms with E-state index in [1.165, 1.54) is 38.6 Å². The first-order chi connectivity index (χ1) is 10.2. The quantitative estimate of drug-likeness (QED) is 0.696. The number of likely N-dealkylation sites (N-methyl/N-ethyl adjacent to an activating group) is 1. The lowest BCUT2D eigenvalue weighted by atomic mass is 9.70. The Kier molecular flexibility index (Phi) is 6.93. The third kappa shape index (κ3) is 5.20. The first-order valence-electron chi connectivity index (χ1n) is 8.63. The fraction of sp³-hybridized carbons (Fsp3) is 1.00. The molecule has 0 amide bonds. The van der Waals surface area contributed by atoms with Crippen LogP contribution in [-0.4, -0.2) is 64.6 Å². The third-order valence-electron chi connectivity index (χ3n) is 5.43. The second-order valence-corrected chi connectivity index (χ2v) is 7.28. The number of hydrogen-bond donors (Lipinski definition) is 1. The van der Waals surface area contributed by atoms with Crippen LogP contribution in [0.3, 0.4) is 0 Å². The van der Waals surface area contributed by atoms with Gasteiger partial charge in [0.05, 0.1) is 13.2 Å². The van der Waals surface area contributed by atoms with Gasteiger partial charge in [-0.1, -0.05) is 19.8 Å². The molecule has 1 heterocycles. The minimum atomic E-state index is 0.442. The second kappa shape index (κ2) is 8.47. The van der Waals surface area contributed by atoms with Gasteiger partial charge in [-0.25, -0.2) is 0 Å². The Morgan fingerprint density at radius 2 is 2.05 bits per heavy atom. The van der Waals surface area contributed by atoms with Gasteiger partial charge in [-0.3, -0.25) is 0 Å². The lowest BCUT2D eigenvalue weighted by Gasteiger charge is -2.43. The maximum atomic E-state index is 5.56. The summed E-state index contributed by atoms with van der Waals surface area (Å²) in [6.07, 6.45) is 6.65. The van der Waals surface area contributed by atoms with Gasteiger partial charge < -0.3 is 19.7 Å². The highest BCUT2D eigenvalue weighted by molar-refractivity contribution is 4.90. The van der Waals surface area contributed by atoms with Crippen LogP contribution in [0.4, 0.5) is 0 Å². The average Bonchev–Trinajstić information content (AvgIpc) is 3.01. The van der Waals surface area contributed by atoms with Crippen molar-refractivity contribution in [3.05, 3.63) is 0 Å². The standard InChI is InChI=1S/C17H34N2O2/c1-15-4-7-17(8-5-15,13-18-9-11-20-3)14-19(2)16-6-10-21-12-16/h15-16,18H,4-14H2,1-3H3. The molecule has 1 unspecified atom stereocenters. The highest BCUT2D eigenvalue weighted by Gasteiger charge is 2.36. The molecular formula is C17H34N2O2. The highest BCUT2D eigenvalue weighted by atomic mass is 16.5. The molecule has 1 N–H and O–H groups in total. The zero-order valence-corrected chi connectivity index (χ0v) is 14.2. The smallest absolute Gasteiger partial charge is 0.0622 e. The van der Waals surface area contributed by atoms with E-state index in [0.717, 1.165) is 38.8 Å². The van der Waals surface area contributed by atoms with Crippen LogP contribution in [0.1, 0.15) is 39.0 Å². The molecule has 2 fully saturated rings. The van der Waals surface area contributed by atoms with Crippen molar-refractivity contribution in [2.45, 2.75) is 45.1 Å². The molecule has 124 valence electrons. The molecule has 0 spiro atoms. The molecule has 2 rings (SSSR count). The molecule has 1 saturated heterocycles. The summed E-state index contributed by atoms with van der Waals surface area (Å²) in [7, 11) is 4.06. The van der Waals surface area contributed by atoms with Gasteiger partial charge >= 0.3 is 0 Å². The van der Waals surface area contributed by atoms with Crippen LogP contribution in [0.25, 0.3) is 0 Å². The van der Waals surface area contributed by atoms with Crippen LogP contribution < -0.4 is 5.32 Å². The maximum Gasteiger partial charge on any atom is 0.0622 e. The van der Waals surface area contributed by atoms with Crippen molar-refractivity contribution in [1.82, 2.24) is 10.2 Å². The van der Waals surface area contributed by atoms with E-state index < -0.39 is 0 Å². The topological polar surface area (TPSA) is 33.7 Å². The van der Waals surface area contributed by atoms with Crippen molar-refractivity contribution in [3.63, 3.8) is 0 Å². The zero-order valence-electron chi connectivity index (χ0n) is 14.2. The summed E-state index contributed by atoms with van der Waals surface area (Å²) in [6.45, 7) is 8.35. The number of rotatable bonds is 8. The summed E-state index contributed by atoms with van der Waals surface area (Å²) in [4.78, 5) is 2.56. The Bertz CT molecular complexity index is 285. The minimum Gasteiger partial charge on any atom is -0.383 e. The molecule has 4 nitrogen and oxygen atoms in total. The predicted octanol–water partition coefficient (Wildman–Crippen LogP) is 2.14. The molecule has 0 aromatic rings. The third-order valence-corrected chi connectivity index (χ3v) is 5.43. The van der Waals surface area contributed by atoms with Crippen molar-refractivity contribution >= 4 is 0 Å². The van der Waals surface area contributed by atoms with Crippen LogP contribution in [0.5, 0.6) is 0 Å². The van der Waals surface area contributed by atoms with Crippen molar-refractivity contribution in [2.75, 3.05) is 53.6 Å². The van der Waals surface area contributed by atoms with Gasteiger partial charge in [0.25, 0.3) is 0 Å². The SMILES string of the molecule is COCCNCC1(CN(C)C2CCOC2)CCC(C)CC1. The molecular weight excluding hydrogens is 264 g/mol. The molecule has 1 aliphatic carbocycles. The van der Waals surface area contributed by atoms with Gasteiger partial charge in [-0.2, -0.15) is 0 Å². The van der Waals surface area contributed by atoms with Gasteiger partial charge in [-0.05, 0) is 37.6 Å². The van der Waals surface area contributed by atoms with Crippen molar-refractivity contribution in [3.8, 4) is 0 Å². The van der Waals surface area contributed by atoms with E-state index >= 15 is 0 Å². The van der Waals surface area contributed by atoms with Gasteiger partial charge in [0.2, 0.25) is 0 Å². The first kappa shape index (κ1) is 17.2. The summed E-state index contributed by atoms with van der Waals surface area (Å²) in [5, 5.41) is 3.62. The molecule has 2 aliphatic rings. The molecule has 4 heteroatoms. The normalized spacial score (nSPS) is 33.7. The van der Waals surface area contributed by atoms with E-state index in [1.807, 2.05) is 0 Å². The largest absolute Gasteiger partial charge is 0.383 e. The number of ether oxygens (including phenoxy) is 2.